The molecular formula is C23H19N3O4S. The number of furan rings is 1. The maximum atomic E-state index is 12.5. The van der Waals surface area contributed by atoms with Crippen LogP contribution in [0.1, 0.15) is 16.1 Å². The van der Waals surface area contributed by atoms with E-state index in [9.17, 15) is 4.79 Å². The van der Waals surface area contributed by atoms with Gasteiger partial charge >= 0.3 is 0 Å². The van der Waals surface area contributed by atoms with E-state index in [1.165, 1.54) is 7.11 Å². The molecule has 0 saturated carbocycles. The summed E-state index contributed by atoms with van der Waals surface area (Å²) in [6, 6.07) is 20.4. The summed E-state index contributed by atoms with van der Waals surface area (Å²) in [5.41, 5.74) is 2.26. The van der Waals surface area contributed by atoms with Crippen LogP contribution in [0.15, 0.2) is 77.3 Å². The molecule has 7 nitrogen and oxygen atoms in total. The largest absolute Gasteiger partial charge is 0.489 e. The van der Waals surface area contributed by atoms with Crippen LogP contribution in [0.2, 0.25) is 0 Å². The van der Waals surface area contributed by atoms with Crippen molar-refractivity contribution in [3.05, 3.63) is 84.3 Å². The zero-order chi connectivity index (χ0) is 21.6. The Morgan fingerprint density at radius 2 is 1.94 bits per heavy atom. The first-order chi connectivity index (χ1) is 15.1. The molecule has 31 heavy (non-hydrogen) atoms. The highest BCUT2D eigenvalue weighted by Gasteiger charge is 2.16. The van der Waals surface area contributed by atoms with Crippen molar-refractivity contribution in [2.75, 3.05) is 12.4 Å². The van der Waals surface area contributed by atoms with Gasteiger partial charge in [0.25, 0.3) is 5.91 Å². The third kappa shape index (κ3) is 4.99. The highest BCUT2D eigenvalue weighted by molar-refractivity contribution is 7.80. The van der Waals surface area contributed by atoms with Gasteiger partial charge in [-0.15, -0.1) is 0 Å². The summed E-state index contributed by atoms with van der Waals surface area (Å²) in [7, 11) is 1.51. The third-order valence-corrected chi connectivity index (χ3v) is 4.60. The average molecular weight is 433 g/mol. The minimum absolute atomic E-state index is 0.102. The van der Waals surface area contributed by atoms with E-state index in [4.69, 9.17) is 26.1 Å². The molecule has 1 amide bonds. The normalized spacial score (nSPS) is 10.5. The highest BCUT2D eigenvalue weighted by atomic mass is 32.1. The fourth-order valence-electron chi connectivity index (χ4n) is 2.94. The van der Waals surface area contributed by atoms with Gasteiger partial charge in [0.1, 0.15) is 17.9 Å². The van der Waals surface area contributed by atoms with Crippen LogP contribution in [-0.2, 0) is 6.61 Å². The first kappa shape index (κ1) is 20.4. The zero-order valence-corrected chi connectivity index (χ0v) is 17.4. The standard InChI is InChI=1S/C23H19N3O4S/c1-28-22-18-13-20(30-19(18)10-11-24-22)21(27)26-23(31)25-16-8-5-9-17(12-16)29-14-15-6-3-2-4-7-15/h2-13H,14H2,1H3,(H2,25,26,27,31). The number of carbonyl (C=O) groups is 1. The van der Waals surface area contributed by atoms with E-state index in [-0.39, 0.29) is 10.9 Å². The number of rotatable bonds is 6. The molecule has 0 radical (unpaired) electrons. The predicted octanol–water partition coefficient (Wildman–Crippen LogP) is 4.54. The lowest BCUT2D eigenvalue weighted by atomic mass is 10.2. The van der Waals surface area contributed by atoms with E-state index in [0.29, 0.717) is 34.9 Å². The smallest absolute Gasteiger partial charge is 0.293 e. The molecule has 156 valence electrons. The number of pyridine rings is 1. The topological polar surface area (TPSA) is 85.6 Å². The molecule has 0 aliphatic heterocycles. The lowest BCUT2D eigenvalue weighted by molar-refractivity contribution is 0.0953. The van der Waals surface area contributed by atoms with Crippen LogP contribution < -0.4 is 20.1 Å². The maximum absolute atomic E-state index is 12.5. The van der Waals surface area contributed by atoms with Crippen molar-refractivity contribution < 1.29 is 18.7 Å². The van der Waals surface area contributed by atoms with Crippen LogP contribution in [0, 0.1) is 0 Å². The molecule has 2 aromatic heterocycles. The number of thiocarbonyl (C=S) groups is 1. The van der Waals surface area contributed by atoms with Gasteiger partial charge in [-0.1, -0.05) is 36.4 Å². The second-order valence-electron chi connectivity index (χ2n) is 6.55. The summed E-state index contributed by atoms with van der Waals surface area (Å²) >= 11 is 5.26. The van der Waals surface area contributed by atoms with E-state index in [0.717, 1.165) is 5.56 Å². The Kier molecular flexibility index (Phi) is 6.09. The number of benzene rings is 2. The van der Waals surface area contributed by atoms with Crippen LogP contribution in [0.25, 0.3) is 11.0 Å². The van der Waals surface area contributed by atoms with Gasteiger partial charge in [0.2, 0.25) is 5.88 Å². The monoisotopic (exact) mass is 433 g/mol. The van der Waals surface area contributed by atoms with Gasteiger partial charge in [0.05, 0.1) is 12.5 Å². The van der Waals surface area contributed by atoms with Crippen molar-refractivity contribution >= 4 is 39.9 Å². The summed E-state index contributed by atoms with van der Waals surface area (Å²) < 4.78 is 16.6. The van der Waals surface area contributed by atoms with E-state index < -0.39 is 5.91 Å². The van der Waals surface area contributed by atoms with Gasteiger partial charge in [0, 0.05) is 30.1 Å². The molecule has 2 aromatic carbocycles. The summed E-state index contributed by atoms with van der Waals surface area (Å²) in [6.45, 7) is 0.454. The molecule has 2 heterocycles. The number of carbonyl (C=O) groups excluding carboxylic acids is 1. The summed E-state index contributed by atoms with van der Waals surface area (Å²) in [4.78, 5) is 16.6. The van der Waals surface area contributed by atoms with Crippen molar-refractivity contribution in [2.24, 2.45) is 0 Å². The third-order valence-electron chi connectivity index (χ3n) is 4.39. The van der Waals surface area contributed by atoms with E-state index in [2.05, 4.69) is 15.6 Å². The van der Waals surface area contributed by atoms with Gasteiger partial charge in [-0.3, -0.25) is 10.1 Å². The molecule has 0 aliphatic carbocycles. The Hall–Kier alpha value is -3.91. The summed E-state index contributed by atoms with van der Waals surface area (Å²) in [6.07, 6.45) is 1.55. The maximum Gasteiger partial charge on any atom is 0.293 e. The van der Waals surface area contributed by atoms with Crippen LogP contribution in [0.5, 0.6) is 11.6 Å². The minimum atomic E-state index is -0.479. The average Bonchev–Trinajstić information content (AvgIpc) is 3.23. The Morgan fingerprint density at radius 1 is 1.10 bits per heavy atom. The first-order valence-corrected chi connectivity index (χ1v) is 9.85. The molecule has 0 atom stereocenters. The van der Waals surface area contributed by atoms with Gasteiger partial charge in [-0.25, -0.2) is 4.98 Å². The van der Waals surface area contributed by atoms with Crippen LogP contribution in [-0.4, -0.2) is 23.1 Å². The molecule has 0 fully saturated rings. The van der Waals surface area contributed by atoms with Crippen LogP contribution in [0.4, 0.5) is 5.69 Å². The van der Waals surface area contributed by atoms with E-state index in [1.54, 1.807) is 24.4 Å². The lowest BCUT2D eigenvalue weighted by Crippen LogP contribution is -2.33. The molecule has 0 aliphatic rings. The number of hydrogen-bond donors (Lipinski definition) is 2. The molecule has 0 spiro atoms. The van der Waals surface area contributed by atoms with E-state index >= 15 is 0 Å². The number of nitrogens with one attached hydrogen (secondary N) is 2. The van der Waals surface area contributed by atoms with Crippen molar-refractivity contribution in [2.45, 2.75) is 6.61 Å². The molecule has 4 aromatic rings. The fraction of sp³-hybridized carbons (Fsp3) is 0.0870. The molecule has 8 heteroatoms. The number of nitrogens with zero attached hydrogens (tertiary/aromatic N) is 1. The van der Waals surface area contributed by atoms with Gasteiger partial charge < -0.3 is 19.2 Å². The number of methoxy groups -OCH3 is 1. The van der Waals surface area contributed by atoms with Crippen molar-refractivity contribution in [3.63, 3.8) is 0 Å². The van der Waals surface area contributed by atoms with Crippen molar-refractivity contribution in [1.82, 2.24) is 10.3 Å². The quantitative estimate of drug-likeness (QED) is 0.432. The van der Waals surface area contributed by atoms with Gasteiger partial charge in [-0.2, -0.15) is 0 Å². The number of anilines is 1. The summed E-state index contributed by atoms with van der Waals surface area (Å²) in [5.74, 6) is 0.686. The number of fused-ring (bicyclic) bond motifs is 1. The van der Waals surface area contributed by atoms with Crippen LogP contribution >= 0.6 is 12.2 Å². The molecule has 0 saturated heterocycles. The van der Waals surface area contributed by atoms with Gasteiger partial charge in [0.15, 0.2) is 10.9 Å². The van der Waals surface area contributed by atoms with Gasteiger partial charge in [-0.05, 0) is 29.9 Å². The number of ether oxygens (including phenoxy) is 2. The van der Waals surface area contributed by atoms with Crippen LogP contribution in [0.3, 0.4) is 0 Å². The second-order valence-corrected chi connectivity index (χ2v) is 6.96. The fourth-order valence-corrected chi connectivity index (χ4v) is 3.15. The Balaban J connectivity index is 1.38. The molecular weight excluding hydrogens is 414 g/mol. The number of aromatic nitrogens is 1. The molecule has 4 rings (SSSR count). The summed E-state index contributed by atoms with van der Waals surface area (Å²) in [5, 5.41) is 6.33. The number of amides is 1. The lowest BCUT2D eigenvalue weighted by Gasteiger charge is -2.11. The molecule has 0 unspecified atom stereocenters. The van der Waals surface area contributed by atoms with Crippen molar-refractivity contribution in [1.29, 1.82) is 0 Å². The Morgan fingerprint density at radius 3 is 2.74 bits per heavy atom. The Labute approximate surface area is 184 Å². The minimum Gasteiger partial charge on any atom is -0.489 e. The molecule has 2 N–H and O–H groups in total. The predicted molar refractivity (Wildman–Crippen MR) is 121 cm³/mol. The number of hydrogen-bond acceptors (Lipinski definition) is 6. The zero-order valence-electron chi connectivity index (χ0n) is 16.6. The SMILES string of the molecule is COc1nccc2oc(C(=O)NC(=S)Nc3cccc(OCc4ccccc4)c3)cc12. The van der Waals surface area contributed by atoms with E-state index in [1.807, 2.05) is 48.5 Å². The molecule has 0 bridgehead atoms. The van der Waals surface area contributed by atoms with Crippen molar-refractivity contribution in [3.8, 4) is 11.6 Å². The first-order valence-electron chi connectivity index (χ1n) is 9.44. The highest BCUT2D eigenvalue weighted by Crippen LogP contribution is 2.26. The Bertz CT molecular complexity index is 1220. The second kappa shape index (κ2) is 9.27.